The van der Waals surface area contributed by atoms with Crippen molar-refractivity contribution in [2.24, 2.45) is 0 Å². The summed E-state index contributed by atoms with van der Waals surface area (Å²) >= 11 is 0. The van der Waals surface area contributed by atoms with Gasteiger partial charge in [0.05, 0.1) is 18.8 Å². The number of ether oxygens (including phenoxy) is 1. The van der Waals surface area contributed by atoms with E-state index in [-0.39, 0.29) is 12.5 Å². The summed E-state index contributed by atoms with van der Waals surface area (Å²) in [6, 6.07) is 7.62. The molecule has 1 aromatic rings. The maximum atomic E-state index is 11.6. The number of amides is 1. The van der Waals surface area contributed by atoms with E-state index in [9.17, 15) is 4.79 Å². The zero-order chi connectivity index (χ0) is 12.7. The number of nitrogens with zero attached hydrogens (tertiary/aromatic N) is 1. The molecule has 0 fully saturated rings. The van der Waals surface area contributed by atoms with Gasteiger partial charge in [-0.2, -0.15) is 0 Å². The first-order chi connectivity index (χ1) is 8.19. The summed E-state index contributed by atoms with van der Waals surface area (Å²) in [5.74, 6) is 0.848. The van der Waals surface area contributed by atoms with Gasteiger partial charge in [0.2, 0.25) is 5.91 Å². The molecule has 0 radical (unpaired) electrons. The van der Waals surface area contributed by atoms with Crippen molar-refractivity contribution in [2.45, 2.75) is 13.8 Å². The van der Waals surface area contributed by atoms with E-state index in [1.165, 1.54) is 0 Å². The molecule has 1 N–H and O–H groups in total. The minimum Gasteiger partial charge on any atom is -0.492 e. The summed E-state index contributed by atoms with van der Waals surface area (Å²) in [4.78, 5) is 13.3. The first-order valence-electron chi connectivity index (χ1n) is 5.88. The standard InChI is InChI=1S/C13H20N2O2/c1-4-15(3)13(16)10-14-11-8-6-7-9-12(11)17-5-2/h6-9,14H,4-5,10H2,1-3H3. The zero-order valence-corrected chi connectivity index (χ0v) is 10.7. The molecule has 1 aromatic carbocycles. The van der Waals surface area contributed by atoms with Crippen LogP contribution in [0.3, 0.4) is 0 Å². The molecule has 94 valence electrons. The number of carbonyl (C=O) groups is 1. The molecule has 0 heterocycles. The highest BCUT2D eigenvalue weighted by atomic mass is 16.5. The first-order valence-corrected chi connectivity index (χ1v) is 5.88. The zero-order valence-electron chi connectivity index (χ0n) is 10.7. The second-order valence-corrected chi connectivity index (χ2v) is 3.69. The van der Waals surface area contributed by atoms with E-state index in [4.69, 9.17) is 4.74 Å². The Labute approximate surface area is 103 Å². The van der Waals surface area contributed by atoms with Gasteiger partial charge in [0.1, 0.15) is 5.75 Å². The summed E-state index contributed by atoms with van der Waals surface area (Å²) in [6.45, 7) is 5.50. The molecule has 17 heavy (non-hydrogen) atoms. The molecule has 0 saturated heterocycles. The van der Waals surface area contributed by atoms with Crippen LogP contribution >= 0.6 is 0 Å². The van der Waals surface area contributed by atoms with Crippen molar-refractivity contribution < 1.29 is 9.53 Å². The van der Waals surface area contributed by atoms with Gasteiger partial charge in [0.25, 0.3) is 0 Å². The van der Waals surface area contributed by atoms with Crippen LogP contribution in [0.15, 0.2) is 24.3 Å². The molecule has 0 aliphatic rings. The maximum absolute atomic E-state index is 11.6. The van der Waals surface area contributed by atoms with Crippen molar-refractivity contribution in [3.8, 4) is 5.75 Å². The smallest absolute Gasteiger partial charge is 0.241 e. The average molecular weight is 236 g/mol. The fourth-order valence-corrected chi connectivity index (χ4v) is 1.38. The van der Waals surface area contributed by atoms with E-state index >= 15 is 0 Å². The highest BCUT2D eigenvalue weighted by Gasteiger charge is 2.07. The van der Waals surface area contributed by atoms with E-state index < -0.39 is 0 Å². The van der Waals surface area contributed by atoms with Gasteiger partial charge in [-0.05, 0) is 26.0 Å². The van der Waals surface area contributed by atoms with Crippen LogP contribution in [-0.4, -0.2) is 37.6 Å². The van der Waals surface area contributed by atoms with Crippen LogP contribution in [0.5, 0.6) is 5.75 Å². The SMILES string of the molecule is CCOc1ccccc1NCC(=O)N(C)CC. The Morgan fingerprint density at radius 2 is 2.06 bits per heavy atom. The molecular formula is C13H20N2O2. The summed E-state index contributed by atoms with van der Waals surface area (Å²) in [7, 11) is 1.79. The second-order valence-electron chi connectivity index (χ2n) is 3.69. The fraction of sp³-hybridized carbons (Fsp3) is 0.462. The second kappa shape index (κ2) is 6.78. The molecule has 1 rings (SSSR count). The van der Waals surface area contributed by atoms with Gasteiger partial charge < -0.3 is 15.0 Å². The monoisotopic (exact) mass is 236 g/mol. The molecule has 0 unspecified atom stereocenters. The van der Waals surface area contributed by atoms with Gasteiger partial charge in [-0.25, -0.2) is 0 Å². The van der Waals surface area contributed by atoms with Crippen LogP contribution in [0.2, 0.25) is 0 Å². The average Bonchev–Trinajstić information content (AvgIpc) is 2.36. The molecule has 1 amide bonds. The Morgan fingerprint density at radius 1 is 1.35 bits per heavy atom. The Hall–Kier alpha value is -1.71. The Balaban J connectivity index is 2.59. The Bertz CT molecular complexity index is 366. The lowest BCUT2D eigenvalue weighted by Crippen LogP contribution is -2.31. The lowest BCUT2D eigenvalue weighted by Gasteiger charge is -2.16. The minimum atomic E-state index is 0.0683. The summed E-state index contributed by atoms with van der Waals surface area (Å²) in [5, 5.41) is 3.10. The first kappa shape index (κ1) is 13.4. The van der Waals surface area contributed by atoms with E-state index in [2.05, 4.69) is 5.32 Å². The van der Waals surface area contributed by atoms with Crippen molar-refractivity contribution >= 4 is 11.6 Å². The van der Waals surface area contributed by atoms with Crippen molar-refractivity contribution in [1.29, 1.82) is 0 Å². The lowest BCUT2D eigenvalue weighted by atomic mass is 10.3. The number of rotatable bonds is 6. The predicted octanol–water partition coefficient (Wildman–Crippen LogP) is 1.98. The third-order valence-corrected chi connectivity index (χ3v) is 2.52. The highest BCUT2D eigenvalue weighted by molar-refractivity contribution is 5.81. The van der Waals surface area contributed by atoms with Gasteiger partial charge in [0.15, 0.2) is 0 Å². The van der Waals surface area contributed by atoms with Crippen LogP contribution in [0.1, 0.15) is 13.8 Å². The number of hydrogen-bond donors (Lipinski definition) is 1. The quantitative estimate of drug-likeness (QED) is 0.821. The molecule has 0 spiro atoms. The largest absolute Gasteiger partial charge is 0.492 e. The molecule has 0 aliphatic heterocycles. The number of anilines is 1. The molecule has 0 aliphatic carbocycles. The van der Waals surface area contributed by atoms with Crippen molar-refractivity contribution in [2.75, 3.05) is 32.1 Å². The molecular weight excluding hydrogens is 216 g/mol. The van der Waals surface area contributed by atoms with E-state index in [0.717, 1.165) is 11.4 Å². The normalized spacial score (nSPS) is 9.82. The van der Waals surface area contributed by atoms with Crippen LogP contribution in [-0.2, 0) is 4.79 Å². The van der Waals surface area contributed by atoms with Gasteiger partial charge in [-0.15, -0.1) is 0 Å². The molecule has 0 saturated carbocycles. The van der Waals surface area contributed by atoms with Crippen molar-refractivity contribution in [3.63, 3.8) is 0 Å². The third kappa shape index (κ3) is 3.98. The minimum absolute atomic E-state index is 0.0683. The summed E-state index contributed by atoms with van der Waals surface area (Å²) in [5.41, 5.74) is 0.854. The molecule has 4 heteroatoms. The van der Waals surface area contributed by atoms with E-state index in [1.807, 2.05) is 38.1 Å². The van der Waals surface area contributed by atoms with Gasteiger partial charge in [-0.3, -0.25) is 4.79 Å². The highest BCUT2D eigenvalue weighted by Crippen LogP contribution is 2.23. The van der Waals surface area contributed by atoms with Gasteiger partial charge in [0, 0.05) is 13.6 Å². The molecule has 0 atom stereocenters. The fourth-order valence-electron chi connectivity index (χ4n) is 1.38. The molecule has 4 nitrogen and oxygen atoms in total. The predicted molar refractivity (Wildman–Crippen MR) is 69.4 cm³/mol. The number of hydrogen-bond acceptors (Lipinski definition) is 3. The Morgan fingerprint density at radius 3 is 2.71 bits per heavy atom. The van der Waals surface area contributed by atoms with Crippen LogP contribution in [0, 0.1) is 0 Å². The molecule has 0 aromatic heterocycles. The van der Waals surface area contributed by atoms with E-state index in [0.29, 0.717) is 13.2 Å². The molecule has 0 bridgehead atoms. The van der Waals surface area contributed by atoms with Crippen LogP contribution in [0.25, 0.3) is 0 Å². The van der Waals surface area contributed by atoms with Gasteiger partial charge in [-0.1, -0.05) is 12.1 Å². The van der Waals surface area contributed by atoms with Crippen molar-refractivity contribution in [1.82, 2.24) is 4.90 Å². The summed E-state index contributed by atoms with van der Waals surface area (Å²) < 4.78 is 5.47. The van der Waals surface area contributed by atoms with Gasteiger partial charge >= 0.3 is 0 Å². The maximum Gasteiger partial charge on any atom is 0.241 e. The number of para-hydroxylation sites is 2. The number of nitrogens with one attached hydrogen (secondary N) is 1. The number of carbonyl (C=O) groups excluding carboxylic acids is 1. The lowest BCUT2D eigenvalue weighted by molar-refractivity contribution is -0.127. The van der Waals surface area contributed by atoms with E-state index in [1.54, 1.807) is 11.9 Å². The Kier molecular flexibility index (Phi) is 5.33. The summed E-state index contributed by atoms with van der Waals surface area (Å²) in [6.07, 6.45) is 0. The third-order valence-electron chi connectivity index (χ3n) is 2.52. The van der Waals surface area contributed by atoms with Crippen LogP contribution < -0.4 is 10.1 Å². The number of likely N-dealkylation sites (N-methyl/N-ethyl adjacent to an activating group) is 1. The van der Waals surface area contributed by atoms with Crippen LogP contribution in [0.4, 0.5) is 5.69 Å². The van der Waals surface area contributed by atoms with Crippen molar-refractivity contribution in [3.05, 3.63) is 24.3 Å². The number of benzene rings is 1. The topological polar surface area (TPSA) is 41.6 Å².